The molecule has 0 amide bonds. The number of carbonyl (C=O) groups excluding carboxylic acids is 3. The Bertz CT molecular complexity index is 919. The van der Waals surface area contributed by atoms with Crippen molar-refractivity contribution in [3.8, 4) is 6.07 Å². The summed E-state index contributed by atoms with van der Waals surface area (Å²) in [6, 6.07) is 2.37. The highest BCUT2D eigenvalue weighted by Gasteiger charge is 2.59. The Balaban J connectivity index is 0.000000170. The first-order chi connectivity index (χ1) is 16.9. The van der Waals surface area contributed by atoms with Crippen molar-refractivity contribution in [2.75, 3.05) is 0 Å². The lowest BCUT2D eigenvalue weighted by molar-refractivity contribution is -0.165. The Morgan fingerprint density at radius 3 is 1.97 bits per heavy atom. The SMILES string of the molecule is CCC(C)(C)C(=O)OC1CC2CC1C1CC(=O)OC21.CCC(C)(C)C(=O)OC1CC2CC1CC2C#N. The highest BCUT2D eigenvalue weighted by Crippen LogP contribution is 2.55. The summed E-state index contributed by atoms with van der Waals surface area (Å²) in [6.45, 7) is 11.7. The molecule has 4 bridgehead atoms. The first-order valence-corrected chi connectivity index (χ1v) is 13.9. The van der Waals surface area contributed by atoms with Crippen molar-refractivity contribution in [2.45, 2.75) is 111 Å². The molecule has 5 rings (SSSR count). The van der Waals surface area contributed by atoms with Crippen molar-refractivity contribution >= 4 is 17.9 Å². The zero-order valence-electron chi connectivity index (χ0n) is 22.7. The molecule has 9 unspecified atom stereocenters. The number of nitriles is 1. The van der Waals surface area contributed by atoms with Crippen molar-refractivity contribution in [2.24, 2.45) is 46.3 Å². The van der Waals surface area contributed by atoms with Crippen LogP contribution in [-0.2, 0) is 28.6 Å². The van der Waals surface area contributed by atoms with Crippen molar-refractivity contribution in [3.63, 3.8) is 0 Å². The lowest BCUT2D eigenvalue weighted by Gasteiger charge is -2.31. The number of rotatable bonds is 6. The Labute approximate surface area is 215 Å². The van der Waals surface area contributed by atoms with E-state index in [2.05, 4.69) is 6.07 Å². The van der Waals surface area contributed by atoms with Crippen molar-refractivity contribution < 1.29 is 28.6 Å². The molecule has 5 aliphatic rings. The highest BCUT2D eigenvalue weighted by molar-refractivity contribution is 5.76. The maximum atomic E-state index is 12.2. The van der Waals surface area contributed by atoms with Gasteiger partial charge in [0, 0.05) is 23.7 Å². The molecule has 0 N–H and O–H groups in total. The molecule has 4 saturated carbocycles. The fraction of sp³-hybridized carbons (Fsp3) is 0.862. The molecule has 1 saturated heterocycles. The average Bonchev–Trinajstić information content (AvgIpc) is 3.64. The van der Waals surface area contributed by atoms with Gasteiger partial charge in [0.05, 0.1) is 23.3 Å². The average molecular weight is 502 g/mol. The molecule has 9 atom stereocenters. The molecular formula is C29H43NO6. The summed E-state index contributed by atoms with van der Waals surface area (Å²) in [4.78, 5) is 35.5. The summed E-state index contributed by atoms with van der Waals surface area (Å²) in [7, 11) is 0. The molecule has 1 aliphatic heterocycles. The van der Waals surface area contributed by atoms with E-state index in [1.165, 1.54) is 0 Å². The molecule has 200 valence electrons. The number of nitrogens with zero attached hydrogens (tertiary/aromatic N) is 1. The van der Waals surface area contributed by atoms with Gasteiger partial charge in [-0.1, -0.05) is 13.8 Å². The van der Waals surface area contributed by atoms with Crippen LogP contribution < -0.4 is 0 Å². The number of fused-ring (bicyclic) bond motifs is 7. The van der Waals surface area contributed by atoms with E-state index in [1.54, 1.807) is 0 Å². The highest BCUT2D eigenvalue weighted by atomic mass is 16.6. The van der Waals surface area contributed by atoms with E-state index in [1.807, 2.05) is 41.5 Å². The lowest BCUT2D eigenvalue weighted by Crippen LogP contribution is -2.38. The Morgan fingerprint density at radius 2 is 1.44 bits per heavy atom. The van der Waals surface area contributed by atoms with Gasteiger partial charge in [0.2, 0.25) is 0 Å². The smallest absolute Gasteiger partial charge is 0.311 e. The van der Waals surface area contributed by atoms with E-state index < -0.39 is 5.41 Å². The summed E-state index contributed by atoms with van der Waals surface area (Å²) < 4.78 is 16.8. The van der Waals surface area contributed by atoms with Crippen LogP contribution in [-0.4, -0.2) is 36.2 Å². The van der Waals surface area contributed by atoms with Crippen LogP contribution in [0.5, 0.6) is 0 Å². The van der Waals surface area contributed by atoms with E-state index in [0.717, 1.165) is 44.9 Å². The van der Waals surface area contributed by atoms with Crippen LogP contribution in [0.4, 0.5) is 0 Å². The molecule has 1 heterocycles. The molecule has 0 aromatic carbocycles. The van der Waals surface area contributed by atoms with Gasteiger partial charge in [-0.05, 0) is 84.5 Å². The van der Waals surface area contributed by atoms with E-state index in [0.29, 0.717) is 30.1 Å². The van der Waals surface area contributed by atoms with Crippen molar-refractivity contribution in [1.29, 1.82) is 5.26 Å². The molecular weight excluding hydrogens is 458 g/mol. The van der Waals surface area contributed by atoms with Crippen molar-refractivity contribution in [1.82, 2.24) is 0 Å². The maximum Gasteiger partial charge on any atom is 0.311 e. The van der Waals surface area contributed by atoms with Crippen LogP contribution in [0.15, 0.2) is 0 Å². The maximum absolute atomic E-state index is 12.2. The summed E-state index contributed by atoms with van der Waals surface area (Å²) in [5, 5.41) is 8.97. The quantitative estimate of drug-likeness (QED) is 0.363. The van der Waals surface area contributed by atoms with Crippen molar-refractivity contribution in [3.05, 3.63) is 0 Å². The second-order valence-corrected chi connectivity index (χ2v) is 13.0. The Kier molecular flexibility index (Phi) is 7.48. The summed E-state index contributed by atoms with van der Waals surface area (Å²) in [5.41, 5.74) is -0.792. The second-order valence-electron chi connectivity index (χ2n) is 13.0. The largest absolute Gasteiger partial charge is 0.462 e. The molecule has 5 fully saturated rings. The van der Waals surface area contributed by atoms with E-state index in [-0.39, 0.29) is 53.5 Å². The second kappa shape index (κ2) is 9.99. The van der Waals surface area contributed by atoms with Gasteiger partial charge < -0.3 is 14.2 Å². The fourth-order valence-corrected chi connectivity index (χ4v) is 6.77. The molecule has 7 heteroatoms. The predicted molar refractivity (Wildman–Crippen MR) is 132 cm³/mol. The monoisotopic (exact) mass is 501 g/mol. The van der Waals surface area contributed by atoms with Crippen LogP contribution >= 0.6 is 0 Å². The summed E-state index contributed by atoms with van der Waals surface area (Å²) >= 11 is 0. The normalized spacial score (nSPS) is 38.0. The molecule has 7 nitrogen and oxygen atoms in total. The minimum Gasteiger partial charge on any atom is -0.462 e. The molecule has 4 aliphatic carbocycles. The van der Waals surface area contributed by atoms with Gasteiger partial charge in [0.1, 0.15) is 18.3 Å². The van der Waals surface area contributed by atoms with Crippen LogP contribution in [0, 0.1) is 57.7 Å². The third kappa shape index (κ3) is 5.02. The van der Waals surface area contributed by atoms with Crippen LogP contribution in [0.25, 0.3) is 0 Å². The molecule has 0 spiro atoms. The van der Waals surface area contributed by atoms with Crippen LogP contribution in [0.3, 0.4) is 0 Å². The minimum atomic E-state index is -0.413. The predicted octanol–water partition coefficient (Wildman–Crippen LogP) is 5.21. The fourth-order valence-electron chi connectivity index (χ4n) is 6.77. The molecule has 36 heavy (non-hydrogen) atoms. The van der Waals surface area contributed by atoms with Gasteiger partial charge in [0.25, 0.3) is 0 Å². The standard InChI is InChI=1S/C15H22O4.C14H21NO2/c1-4-15(2,3)14(17)18-11-6-8-5-9(11)10-7-12(16)19-13(8)10;1-4-14(2,3)13(16)17-12-7-9-5-10(12)6-11(9)8-15/h8-11,13H,4-7H2,1-3H3;9-12H,4-7H2,1-3H3. The van der Waals surface area contributed by atoms with Gasteiger partial charge in [-0.3, -0.25) is 14.4 Å². The van der Waals surface area contributed by atoms with Crippen LogP contribution in [0.2, 0.25) is 0 Å². The van der Waals surface area contributed by atoms with E-state index >= 15 is 0 Å². The summed E-state index contributed by atoms with van der Waals surface area (Å²) in [5.74, 6) is 1.87. The molecule has 0 aromatic heterocycles. The van der Waals surface area contributed by atoms with Gasteiger partial charge >= 0.3 is 17.9 Å². The third-order valence-corrected chi connectivity index (χ3v) is 10.0. The first-order valence-electron chi connectivity index (χ1n) is 13.9. The number of hydrogen-bond donors (Lipinski definition) is 0. The Morgan fingerprint density at radius 1 is 0.861 bits per heavy atom. The van der Waals surface area contributed by atoms with Gasteiger partial charge in [-0.15, -0.1) is 0 Å². The Hall–Kier alpha value is -2.10. The zero-order chi connectivity index (χ0) is 26.4. The number of esters is 3. The molecule has 0 aromatic rings. The first kappa shape index (κ1) is 26.9. The summed E-state index contributed by atoms with van der Waals surface area (Å²) in [6.07, 6.45) is 7.07. The lowest BCUT2D eigenvalue weighted by atomic mass is 9.83. The number of hydrogen-bond acceptors (Lipinski definition) is 7. The van der Waals surface area contributed by atoms with E-state index in [9.17, 15) is 14.4 Å². The van der Waals surface area contributed by atoms with E-state index in [4.69, 9.17) is 19.5 Å². The minimum absolute atomic E-state index is 0.000856. The molecule has 0 radical (unpaired) electrons. The zero-order valence-corrected chi connectivity index (χ0v) is 22.7. The van der Waals surface area contributed by atoms with Gasteiger partial charge in [-0.25, -0.2) is 0 Å². The van der Waals surface area contributed by atoms with Crippen LogP contribution in [0.1, 0.15) is 92.9 Å². The topological polar surface area (TPSA) is 103 Å². The number of carbonyl (C=O) groups is 3. The van der Waals surface area contributed by atoms with Gasteiger partial charge in [-0.2, -0.15) is 5.26 Å². The number of ether oxygens (including phenoxy) is 3. The third-order valence-electron chi connectivity index (χ3n) is 10.0. The van der Waals surface area contributed by atoms with Gasteiger partial charge in [0.15, 0.2) is 0 Å².